The molecule has 0 atom stereocenters. The first kappa shape index (κ1) is 9.30. The van der Waals surface area contributed by atoms with E-state index in [9.17, 15) is 0 Å². The molecule has 5 heteroatoms. The van der Waals surface area contributed by atoms with E-state index in [1.807, 2.05) is 0 Å². The molecule has 0 unspecified atom stereocenters. The molecule has 0 aromatic carbocycles. The summed E-state index contributed by atoms with van der Waals surface area (Å²) >= 11 is 0. The number of aryl methyl sites for hydroxylation is 1. The van der Waals surface area contributed by atoms with Crippen molar-refractivity contribution in [1.29, 1.82) is 0 Å². The normalized spacial score (nSPS) is 16.5. The van der Waals surface area contributed by atoms with Crippen LogP contribution in [-0.4, -0.2) is 27.9 Å². The monoisotopic (exact) mass is 195 g/mol. The van der Waals surface area contributed by atoms with Crippen molar-refractivity contribution in [3.05, 3.63) is 0 Å². The second-order valence-corrected chi connectivity index (χ2v) is 3.69. The molecule has 1 aliphatic rings. The molecule has 1 fully saturated rings. The van der Waals surface area contributed by atoms with Crippen molar-refractivity contribution in [2.24, 2.45) is 0 Å². The molecule has 1 aromatic heterocycles. The Morgan fingerprint density at radius 1 is 1.36 bits per heavy atom. The first-order chi connectivity index (χ1) is 6.81. The van der Waals surface area contributed by atoms with Gasteiger partial charge < -0.3 is 10.6 Å². The van der Waals surface area contributed by atoms with Gasteiger partial charge in [0.25, 0.3) is 0 Å². The van der Waals surface area contributed by atoms with Crippen LogP contribution in [-0.2, 0) is 6.54 Å². The lowest BCUT2D eigenvalue weighted by Gasteiger charge is -2.10. The lowest BCUT2D eigenvalue weighted by atomic mass is 10.4. The van der Waals surface area contributed by atoms with Crippen LogP contribution in [0.1, 0.15) is 26.2 Å². The highest BCUT2D eigenvalue weighted by atomic mass is 15.4. The molecule has 0 saturated carbocycles. The molecule has 1 saturated heterocycles. The summed E-state index contributed by atoms with van der Waals surface area (Å²) in [6.07, 6.45) is 3.51. The quantitative estimate of drug-likeness (QED) is 0.777. The zero-order chi connectivity index (χ0) is 9.97. The van der Waals surface area contributed by atoms with Crippen molar-refractivity contribution < 1.29 is 0 Å². The summed E-state index contributed by atoms with van der Waals surface area (Å²) in [5.41, 5.74) is 5.76. The van der Waals surface area contributed by atoms with Crippen molar-refractivity contribution >= 4 is 11.9 Å². The Morgan fingerprint density at radius 2 is 2.07 bits per heavy atom. The molecule has 0 radical (unpaired) electrons. The number of nitrogens with two attached hydrogens (primary N) is 1. The van der Waals surface area contributed by atoms with Gasteiger partial charge in [-0.25, -0.2) is 4.68 Å². The van der Waals surface area contributed by atoms with E-state index in [0.717, 1.165) is 32.0 Å². The van der Waals surface area contributed by atoms with Crippen molar-refractivity contribution in [3.63, 3.8) is 0 Å². The molecular formula is C9H17N5. The van der Waals surface area contributed by atoms with Gasteiger partial charge in [0.2, 0.25) is 11.9 Å². The highest BCUT2D eigenvalue weighted by molar-refractivity contribution is 5.35. The van der Waals surface area contributed by atoms with Crippen LogP contribution >= 0.6 is 0 Å². The van der Waals surface area contributed by atoms with E-state index in [-0.39, 0.29) is 0 Å². The molecule has 1 aliphatic heterocycles. The average molecular weight is 195 g/mol. The van der Waals surface area contributed by atoms with Gasteiger partial charge in [-0.2, -0.15) is 4.98 Å². The minimum Gasteiger partial charge on any atom is -0.368 e. The van der Waals surface area contributed by atoms with E-state index in [4.69, 9.17) is 5.73 Å². The summed E-state index contributed by atoms with van der Waals surface area (Å²) in [4.78, 5) is 6.46. The Balaban J connectivity index is 2.14. The van der Waals surface area contributed by atoms with Crippen molar-refractivity contribution in [2.45, 2.75) is 32.7 Å². The standard InChI is InChI=1S/C9H17N5/c1-2-5-14-8(10)11-9(12-14)13-6-3-4-7-13/h2-7H2,1H3,(H2,10,11,12). The first-order valence-electron chi connectivity index (χ1n) is 5.26. The van der Waals surface area contributed by atoms with Crippen LogP contribution in [0.4, 0.5) is 11.9 Å². The van der Waals surface area contributed by atoms with E-state index in [2.05, 4.69) is 21.9 Å². The zero-order valence-electron chi connectivity index (χ0n) is 8.61. The summed E-state index contributed by atoms with van der Waals surface area (Å²) < 4.78 is 1.79. The van der Waals surface area contributed by atoms with E-state index < -0.39 is 0 Å². The van der Waals surface area contributed by atoms with Crippen LogP contribution in [0, 0.1) is 0 Å². The zero-order valence-corrected chi connectivity index (χ0v) is 8.61. The van der Waals surface area contributed by atoms with Crippen LogP contribution in [0.15, 0.2) is 0 Å². The predicted molar refractivity (Wildman–Crippen MR) is 56.2 cm³/mol. The number of aromatic nitrogens is 3. The van der Waals surface area contributed by atoms with Crippen molar-refractivity contribution in [1.82, 2.24) is 14.8 Å². The Bertz CT molecular complexity index is 300. The van der Waals surface area contributed by atoms with Crippen LogP contribution in [0.5, 0.6) is 0 Å². The van der Waals surface area contributed by atoms with Gasteiger partial charge in [0.15, 0.2) is 0 Å². The molecule has 14 heavy (non-hydrogen) atoms. The van der Waals surface area contributed by atoms with E-state index in [0.29, 0.717) is 5.95 Å². The SMILES string of the molecule is CCCn1nc(N2CCCC2)nc1N. The largest absolute Gasteiger partial charge is 0.368 e. The topological polar surface area (TPSA) is 60.0 Å². The van der Waals surface area contributed by atoms with Gasteiger partial charge in [-0.15, -0.1) is 5.10 Å². The lowest BCUT2D eigenvalue weighted by molar-refractivity contribution is 0.608. The molecule has 0 spiro atoms. The summed E-state index contributed by atoms with van der Waals surface area (Å²) in [7, 11) is 0. The number of rotatable bonds is 3. The fraction of sp³-hybridized carbons (Fsp3) is 0.778. The maximum Gasteiger partial charge on any atom is 0.246 e. The van der Waals surface area contributed by atoms with Gasteiger partial charge in [0, 0.05) is 19.6 Å². The smallest absolute Gasteiger partial charge is 0.246 e. The van der Waals surface area contributed by atoms with E-state index in [1.54, 1.807) is 4.68 Å². The molecule has 0 bridgehead atoms. The molecule has 1 aromatic rings. The van der Waals surface area contributed by atoms with Crippen LogP contribution < -0.4 is 10.6 Å². The third kappa shape index (κ3) is 1.66. The highest BCUT2D eigenvalue weighted by Crippen LogP contribution is 2.17. The van der Waals surface area contributed by atoms with Gasteiger partial charge in [-0.1, -0.05) is 6.92 Å². The molecule has 0 amide bonds. The Kier molecular flexibility index (Phi) is 2.56. The third-order valence-electron chi connectivity index (χ3n) is 2.51. The molecule has 0 aliphatic carbocycles. The average Bonchev–Trinajstić information content (AvgIpc) is 2.76. The number of anilines is 2. The fourth-order valence-corrected chi connectivity index (χ4v) is 1.77. The molecule has 5 nitrogen and oxygen atoms in total. The van der Waals surface area contributed by atoms with E-state index in [1.165, 1.54) is 12.8 Å². The number of nitrogens with zero attached hydrogens (tertiary/aromatic N) is 4. The van der Waals surface area contributed by atoms with Crippen LogP contribution in [0.2, 0.25) is 0 Å². The summed E-state index contributed by atoms with van der Waals surface area (Å²) in [6, 6.07) is 0. The number of nitrogen functional groups attached to an aromatic ring is 1. The summed E-state index contributed by atoms with van der Waals surface area (Å²) in [5.74, 6) is 1.34. The lowest BCUT2D eigenvalue weighted by Crippen LogP contribution is -2.19. The minimum absolute atomic E-state index is 0.536. The fourth-order valence-electron chi connectivity index (χ4n) is 1.77. The number of hydrogen-bond donors (Lipinski definition) is 1. The molecular weight excluding hydrogens is 178 g/mol. The van der Waals surface area contributed by atoms with Crippen LogP contribution in [0.3, 0.4) is 0 Å². The van der Waals surface area contributed by atoms with Crippen molar-refractivity contribution in [2.75, 3.05) is 23.7 Å². The molecule has 2 N–H and O–H groups in total. The summed E-state index contributed by atoms with van der Waals surface area (Å²) in [6.45, 7) is 5.09. The molecule has 2 rings (SSSR count). The molecule has 78 valence electrons. The van der Waals surface area contributed by atoms with Gasteiger partial charge in [-0.05, 0) is 19.3 Å². The third-order valence-corrected chi connectivity index (χ3v) is 2.51. The second kappa shape index (κ2) is 3.86. The van der Waals surface area contributed by atoms with Gasteiger partial charge in [0.05, 0.1) is 0 Å². The first-order valence-corrected chi connectivity index (χ1v) is 5.26. The van der Waals surface area contributed by atoms with Crippen LogP contribution in [0.25, 0.3) is 0 Å². The Morgan fingerprint density at radius 3 is 2.71 bits per heavy atom. The Labute approximate surface area is 83.9 Å². The van der Waals surface area contributed by atoms with Gasteiger partial charge in [0.1, 0.15) is 0 Å². The maximum atomic E-state index is 5.76. The number of hydrogen-bond acceptors (Lipinski definition) is 4. The summed E-state index contributed by atoms with van der Waals surface area (Å²) in [5, 5.41) is 4.39. The second-order valence-electron chi connectivity index (χ2n) is 3.69. The van der Waals surface area contributed by atoms with Gasteiger partial charge in [-0.3, -0.25) is 0 Å². The van der Waals surface area contributed by atoms with Crippen molar-refractivity contribution in [3.8, 4) is 0 Å². The minimum atomic E-state index is 0.536. The maximum absolute atomic E-state index is 5.76. The molecule has 2 heterocycles. The highest BCUT2D eigenvalue weighted by Gasteiger charge is 2.17. The predicted octanol–water partition coefficient (Wildman–Crippen LogP) is 0.870. The van der Waals surface area contributed by atoms with E-state index >= 15 is 0 Å². The Hall–Kier alpha value is -1.26. The van der Waals surface area contributed by atoms with Gasteiger partial charge >= 0.3 is 0 Å².